The lowest BCUT2D eigenvalue weighted by atomic mass is 10.1. The molecule has 0 fully saturated rings. The third-order valence-corrected chi connectivity index (χ3v) is 3.23. The Labute approximate surface area is 118 Å². The first-order valence-electron chi connectivity index (χ1n) is 5.27. The second-order valence-electron chi connectivity index (χ2n) is 3.65. The fourth-order valence-corrected chi connectivity index (χ4v) is 2.69. The number of rotatable bonds is 4. The maximum Gasteiger partial charge on any atom is 0.251 e. The number of carbonyl (C=O) groups is 1. The summed E-state index contributed by atoms with van der Waals surface area (Å²) in [4.78, 5) is 12.0. The molecule has 0 saturated carbocycles. The van der Waals surface area contributed by atoms with Crippen molar-refractivity contribution in [3.8, 4) is 12.3 Å². The van der Waals surface area contributed by atoms with Gasteiger partial charge in [0.15, 0.2) is 0 Å². The molecule has 0 spiro atoms. The molecule has 2 nitrogen and oxygen atoms in total. The van der Waals surface area contributed by atoms with Crippen molar-refractivity contribution in [2.75, 3.05) is 0 Å². The van der Waals surface area contributed by atoms with Gasteiger partial charge < -0.3 is 5.32 Å². The Balaban J connectivity index is 2.79. The Morgan fingerprint density at radius 1 is 1.41 bits per heavy atom. The molecule has 17 heavy (non-hydrogen) atoms. The zero-order chi connectivity index (χ0) is 12.8. The van der Waals surface area contributed by atoms with E-state index in [1.54, 1.807) is 12.1 Å². The first kappa shape index (κ1) is 14.3. The van der Waals surface area contributed by atoms with Crippen molar-refractivity contribution in [2.24, 2.45) is 0 Å². The molecule has 0 saturated heterocycles. The van der Waals surface area contributed by atoms with Crippen LogP contribution in [0.15, 0.2) is 27.1 Å². The van der Waals surface area contributed by atoms with Gasteiger partial charge in [-0.05, 0) is 24.6 Å². The molecule has 0 aliphatic carbocycles. The zero-order valence-corrected chi connectivity index (χ0v) is 12.6. The van der Waals surface area contributed by atoms with Crippen molar-refractivity contribution in [2.45, 2.75) is 25.8 Å². The highest BCUT2D eigenvalue weighted by Crippen LogP contribution is 2.20. The van der Waals surface area contributed by atoms with E-state index >= 15 is 0 Å². The first-order chi connectivity index (χ1) is 8.06. The third kappa shape index (κ3) is 4.53. The molecule has 1 atom stereocenters. The predicted molar refractivity (Wildman–Crippen MR) is 76.8 cm³/mol. The summed E-state index contributed by atoms with van der Waals surface area (Å²) in [7, 11) is 0. The molecule has 90 valence electrons. The second kappa shape index (κ2) is 6.83. The summed E-state index contributed by atoms with van der Waals surface area (Å²) in [5.74, 6) is 2.46. The quantitative estimate of drug-likeness (QED) is 0.816. The standard InChI is InChI=1S/C13H13Br2NO/c1-3-5-12(4-2)16-13(17)9-6-10(14)8-11(15)7-9/h1,6-8,12H,4-5H2,2H3,(H,16,17). The van der Waals surface area contributed by atoms with Crippen molar-refractivity contribution in [3.05, 3.63) is 32.7 Å². The highest BCUT2D eigenvalue weighted by Gasteiger charge is 2.12. The maximum atomic E-state index is 12.0. The smallest absolute Gasteiger partial charge is 0.251 e. The van der Waals surface area contributed by atoms with Crippen LogP contribution in [-0.2, 0) is 0 Å². The van der Waals surface area contributed by atoms with Crippen molar-refractivity contribution in [1.29, 1.82) is 0 Å². The number of amides is 1. The zero-order valence-electron chi connectivity index (χ0n) is 9.47. The monoisotopic (exact) mass is 357 g/mol. The number of hydrogen-bond donors (Lipinski definition) is 1. The van der Waals surface area contributed by atoms with Crippen molar-refractivity contribution in [1.82, 2.24) is 5.32 Å². The van der Waals surface area contributed by atoms with E-state index in [0.29, 0.717) is 12.0 Å². The van der Waals surface area contributed by atoms with Crippen LogP contribution in [0.2, 0.25) is 0 Å². The summed E-state index contributed by atoms with van der Waals surface area (Å²) < 4.78 is 1.73. The van der Waals surface area contributed by atoms with Crippen LogP contribution < -0.4 is 5.32 Å². The Bertz CT molecular complexity index is 431. The topological polar surface area (TPSA) is 29.1 Å². The summed E-state index contributed by atoms with van der Waals surface area (Å²) in [6.07, 6.45) is 6.63. The molecule has 0 heterocycles. The van der Waals surface area contributed by atoms with Crippen LogP contribution in [0.25, 0.3) is 0 Å². The van der Waals surface area contributed by atoms with Gasteiger partial charge in [0.05, 0.1) is 0 Å². The van der Waals surface area contributed by atoms with E-state index in [1.165, 1.54) is 0 Å². The van der Waals surface area contributed by atoms with Gasteiger partial charge in [-0.15, -0.1) is 12.3 Å². The van der Waals surface area contributed by atoms with E-state index in [9.17, 15) is 4.79 Å². The molecule has 0 radical (unpaired) electrons. The number of nitrogens with one attached hydrogen (secondary N) is 1. The van der Waals surface area contributed by atoms with Gasteiger partial charge in [0.2, 0.25) is 0 Å². The van der Waals surface area contributed by atoms with Gasteiger partial charge in [0, 0.05) is 27.0 Å². The lowest BCUT2D eigenvalue weighted by Gasteiger charge is -2.14. The minimum Gasteiger partial charge on any atom is -0.348 e. The minimum atomic E-state index is -0.103. The molecule has 1 aromatic carbocycles. The number of carbonyl (C=O) groups excluding carboxylic acids is 1. The average Bonchev–Trinajstić information content (AvgIpc) is 2.27. The highest BCUT2D eigenvalue weighted by atomic mass is 79.9. The summed E-state index contributed by atoms with van der Waals surface area (Å²) in [5, 5.41) is 2.92. The Kier molecular flexibility index (Phi) is 5.73. The Morgan fingerprint density at radius 3 is 2.47 bits per heavy atom. The molecular weight excluding hydrogens is 346 g/mol. The molecule has 1 rings (SSSR count). The molecule has 0 aliphatic heterocycles. The van der Waals surface area contributed by atoms with Gasteiger partial charge >= 0.3 is 0 Å². The van der Waals surface area contributed by atoms with E-state index < -0.39 is 0 Å². The Morgan fingerprint density at radius 2 is 2.00 bits per heavy atom. The van der Waals surface area contributed by atoms with E-state index in [1.807, 2.05) is 13.0 Å². The third-order valence-electron chi connectivity index (χ3n) is 2.32. The van der Waals surface area contributed by atoms with Crippen molar-refractivity contribution >= 4 is 37.8 Å². The molecule has 1 amide bonds. The first-order valence-corrected chi connectivity index (χ1v) is 6.85. The van der Waals surface area contributed by atoms with Gasteiger partial charge in [-0.2, -0.15) is 0 Å². The average molecular weight is 359 g/mol. The largest absolute Gasteiger partial charge is 0.348 e. The minimum absolute atomic E-state index is 0.0326. The van der Waals surface area contributed by atoms with E-state index in [-0.39, 0.29) is 11.9 Å². The molecule has 1 N–H and O–H groups in total. The molecular formula is C13H13Br2NO. The number of hydrogen-bond acceptors (Lipinski definition) is 1. The van der Waals surface area contributed by atoms with Crippen LogP contribution in [0, 0.1) is 12.3 Å². The molecule has 1 aromatic rings. The van der Waals surface area contributed by atoms with Gasteiger partial charge in [0.25, 0.3) is 5.91 Å². The number of halogens is 2. The van der Waals surface area contributed by atoms with Gasteiger partial charge in [0.1, 0.15) is 0 Å². The maximum absolute atomic E-state index is 12.0. The molecule has 0 bridgehead atoms. The summed E-state index contributed by atoms with van der Waals surface area (Å²) in [6, 6.07) is 5.48. The molecule has 0 aromatic heterocycles. The number of terminal acetylenes is 1. The van der Waals surface area contributed by atoms with E-state index in [2.05, 4.69) is 43.1 Å². The normalized spacial score (nSPS) is 11.6. The van der Waals surface area contributed by atoms with Crippen molar-refractivity contribution in [3.63, 3.8) is 0 Å². The Hall–Kier alpha value is -0.790. The van der Waals surface area contributed by atoms with Gasteiger partial charge in [-0.1, -0.05) is 38.8 Å². The molecule has 1 unspecified atom stereocenters. The van der Waals surface area contributed by atoms with Crippen LogP contribution in [-0.4, -0.2) is 11.9 Å². The second-order valence-corrected chi connectivity index (χ2v) is 5.48. The fourth-order valence-electron chi connectivity index (χ4n) is 1.39. The van der Waals surface area contributed by atoms with Crippen LogP contribution in [0.4, 0.5) is 0 Å². The van der Waals surface area contributed by atoms with E-state index in [4.69, 9.17) is 6.42 Å². The van der Waals surface area contributed by atoms with E-state index in [0.717, 1.165) is 15.4 Å². The van der Waals surface area contributed by atoms with Crippen molar-refractivity contribution < 1.29 is 4.79 Å². The van der Waals surface area contributed by atoms with Gasteiger partial charge in [-0.25, -0.2) is 0 Å². The molecule has 4 heteroatoms. The lowest BCUT2D eigenvalue weighted by Crippen LogP contribution is -2.34. The van der Waals surface area contributed by atoms with Crippen LogP contribution >= 0.6 is 31.9 Å². The van der Waals surface area contributed by atoms with Crippen LogP contribution in [0.1, 0.15) is 30.1 Å². The lowest BCUT2D eigenvalue weighted by molar-refractivity contribution is 0.0936. The number of benzene rings is 1. The highest BCUT2D eigenvalue weighted by molar-refractivity contribution is 9.11. The van der Waals surface area contributed by atoms with Gasteiger partial charge in [-0.3, -0.25) is 4.79 Å². The predicted octanol–water partition coefficient (Wildman–Crippen LogP) is 3.74. The SMILES string of the molecule is C#CCC(CC)NC(=O)c1cc(Br)cc(Br)c1. The fraction of sp³-hybridized carbons (Fsp3) is 0.308. The summed E-state index contributed by atoms with van der Waals surface area (Å²) in [6.45, 7) is 2.00. The summed E-state index contributed by atoms with van der Waals surface area (Å²) >= 11 is 6.71. The van der Waals surface area contributed by atoms with Crippen LogP contribution in [0.3, 0.4) is 0 Å². The summed E-state index contributed by atoms with van der Waals surface area (Å²) in [5.41, 5.74) is 0.613. The molecule has 0 aliphatic rings. The van der Waals surface area contributed by atoms with Crippen LogP contribution in [0.5, 0.6) is 0 Å².